The number of imidazole rings is 1. The van der Waals surface area contributed by atoms with Gasteiger partial charge in [0.25, 0.3) is 0 Å². The number of hydrogen-bond acceptors (Lipinski definition) is 2. The Labute approximate surface area is 137 Å². The number of allylic oxidation sites excluding steroid dienone is 1. The minimum atomic E-state index is -2.63. The van der Waals surface area contributed by atoms with Gasteiger partial charge < -0.3 is 5.32 Å². The van der Waals surface area contributed by atoms with Crippen molar-refractivity contribution >= 4 is 23.1 Å². The van der Waals surface area contributed by atoms with Crippen LogP contribution in [0.25, 0.3) is 5.57 Å². The molecule has 0 saturated heterocycles. The lowest BCUT2D eigenvalue weighted by molar-refractivity contribution is -0.116. The summed E-state index contributed by atoms with van der Waals surface area (Å²) in [4.78, 5) is 15.7. The summed E-state index contributed by atoms with van der Waals surface area (Å²) in [5.74, 6) is -0.0790. The number of nitrogens with zero attached hydrogens (tertiary/aromatic N) is 2. The number of hydrogen-bond donors (Lipinski definition) is 1. The number of carbonyl (C=O) groups excluding carboxylic acids is 1. The van der Waals surface area contributed by atoms with Gasteiger partial charge in [0.1, 0.15) is 5.82 Å². The number of carbonyl (C=O) groups is 1. The minimum Gasteiger partial charge on any atom is -0.352 e. The first-order chi connectivity index (χ1) is 11.0. The van der Waals surface area contributed by atoms with Gasteiger partial charge in [-0.15, -0.1) is 0 Å². The van der Waals surface area contributed by atoms with E-state index in [4.69, 9.17) is 11.6 Å². The minimum absolute atomic E-state index is 0.217. The van der Waals surface area contributed by atoms with Gasteiger partial charge in [0.15, 0.2) is 0 Å². The molecular weight excluding hydrogens is 324 g/mol. The van der Waals surface area contributed by atoms with Crippen LogP contribution in [-0.2, 0) is 11.2 Å². The number of amides is 1. The summed E-state index contributed by atoms with van der Waals surface area (Å²) >= 11 is 6.07. The van der Waals surface area contributed by atoms with Crippen molar-refractivity contribution in [3.05, 3.63) is 59.1 Å². The average Bonchev–Trinajstić information content (AvgIpc) is 2.96. The zero-order valence-corrected chi connectivity index (χ0v) is 13.2. The number of alkyl halides is 2. The Morgan fingerprint density at radius 2 is 2.17 bits per heavy atom. The molecule has 0 aliphatic heterocycles. The van der Waals surface area contributed by atoms with Gasteiger partial charge in [-0.05, 0) is 24.1 Å². The lowest BCUT2D eigenvalue weighted by Gasteiger charge is -2.07. The lowest BCUT2D eigenvalue weighted by atomic mass is 10.1. The van der Waals surface area contributed by atoms with Gasteiger partial charge in [0, 0.05) is 36.5 Å². The summed E-state index contributed by atoms with van der Waals surface area (Å²) in [5.41, 5.74) is 1.50. The summed E-state index contributed by atoms with van der Waals surface area (Å²) in [6.07, 6.45) is 4.18. The summed E-state index contributed by atoms with van der Waals surface area (Å²) in [6.45, 7) is -0.635. The van der Waals surface area contributed by atoms with Crippen molar-refractivity contribution in [2.45, 2.75) is 19.9 Å². The van der Waals surface area contributed by atoms with E-state index in [-0.39, 0.29) is 24.7 Å². The molecule has 0 aliphatic rings. The highest BCUT2D eigenvalue weighted by Gasteiger charge is 2.11. The molecule has 0 radical (unpaired) electrons. The molecule has 122 valence electrons. The number of aromatic nitrogens is 2. The largest absolute Gasteiger partial charge is 0.352 e. The Morgan fingerprint density at radius 3 is 2.87 bits per heavy atom. The van der Waals surface area contributed by atoms with Crippen molar-refractivity contribution in [2.24, 2.45) is 0 Å². The van der Waals surface area contributed by atoms with Crippen LogP contribution in [0.15, 0.2) is 42.7 Å². The highest BCUT2D eigenvalue weighted by atomic mass is 35.5. The molecule has 0 spiro atoms. The van der Waals surface area contributed by atoms with E-state index in [1.165, 1.54) is 18.5 Å². The van der Waals surface area contributed by atoms with E-state index in [0.717, 1.165) is 15.7 Å². The van der Waals surface area contributed by atoms with Crippen molar-refractivity contribution in [1.82, 2.24) is 14.9 Å². The highest BCUT2D eigenvalue weighted by Crippen LogP contribution is 2.22. The van der Waals surface area contributed by atoms with Crippen molar-refractivity contribution < 1.29 is 13.6 Å². The Kier molecular flexibility index (Phi) is 5.87. The smallest absolute Gasteiger partial charge is 0.319 e. The van der Waals surface area contributed by atoms with Crippen LogP contribution in [0.1, 0.15) is 24.9 Å². The maximum absolute atomic E-state index is 12.7. The molecule has 0 unspecified atom stereocenters. The van der Waals surface area contributed by atoms with E-state index < -0.39 is 6.55 Å². The first-order valence-corrected chi connectivity index (χ1v) is 7.37. The quantitative estimate of drug-likeness (QED) is 0.816. The molecule has 2 rings (SSSR count). The fourth-order valence-electron chi connectivity index (χ4n) is 2.12. The number of rotatable bonds is 6. The van der Waals surface area contributed by atoms with Gasteiger partial charge in [-0.25, -0.2) is 4.98 Å². The molecule has 23 heavy (non-hydrogen) atoms. The molecule has 0 atom stereocenters. The van der Waals surface area contributed by atoms with Gasteiger partial charge in [-0.3, -0.25) is 9.36 Å². The SMILES string of the molecule is CC(=CC(=O)NCCc1nccn1C(F)F)c1ccccc1Cl. The fourth-order valence-corrected chi connectivity index (χ4v) is 2.40. The standard InChI is InChI=1S/C16H16ClF2N3O/c1-11(12-4-2-3-5-13(12)17)10-15(23)21-7-6-14-20-8-9-22(14)16(18)19/h2-5,8-10,16H,6-7H2,1H3,(H,21,23). The van der Waals surface area contributed by atoms with E-state index in [1.54, 1.807) is 13.0 Å². The maximum Gasteiger partial charge on any atom is 0.319 e. The summed E-state index contributed by atoms with van der Waals surface area (Å²) in [7, 11) is 0. The first kappa shape index (κ1) is 17.1. The molecule has 1 aromatic heterocycles. The van der Waals surface area contributed by atoms with E-state index in [2.05, 4.69) is 10.3 Å². The van der Waals surface area contributed by atoms with Crippen LogP contribution in [0.5, 0.6) is 0 Å². The van der Waals surface area contributed by atoms with E-state index in [1.807, 2.05) is 18.2 Å². The molecule has 0 fully saturated rings. The van der Waals surface area contributed by atoms with Gasteiger partial charge in [-0.1, -0.05) is 29.8 Å². The Morgan fingerprint density at radius 1 is 1.43 bits per heavy atom. The van der Waals surface area contributed by atoms with Crippen molar-refractivity contribution in [1.29, 1.82) is 0 Å². The topological polar surface area (TPSA) is 46.9 Å². The first-order valence-electron chi connectivity index (χ1n) is 7.00. The molecule has 4 nitrogen and oxygen atoms in total. The van der Waals surface area contributed by atoms with Crippen LogP contribution in [0.3, 0.4) is 0 Å². The van der Waals surface area contributed by atoms with Crippen LogP contribution < -0.4 is 5.32 Å². The third-order valence-electron chi connectivity index (χ3n) is 3.25. The second kappa shape index (κ2) is 7.87. The second-order valence-corrected chi connectivity index (χ2v) is 5.28. The zero-order chi connectivity index (χ0) is 16.8. The van der Waals surface area contributed by atoms with Crippen LogP contribution >= 0.6 is 11.6 Å². The molecule has 0 saturated carbocycles. The number of nitrogens with one attached hydrogen (secondary N) is 1. The van der Waals surface area contributed by atoms with Crippen molar-refractivity contribution in [3.8, 4) is 0 Å². The monoisotopic (exact) mass is 339 g/mol. The van der Waals surface area contributed by atoms with Crippen LogP contribution in [0, 0.1) is 0 Å². The molecule has 0 bridgehead atoms. The Hall–Kier alpha value is -2.21. The molecule has 1 amide bonds. The van der Waals surface area contributed by atoms with Crippen LogP contribution in [0.2, 0.25) is 5.02 Å². The average molecular weight is 340 g/mol. The van der Waals surface area contributed by atoms with Gasteiger partial charge in [0.2, 0.25) is 5.91 Å². The van der Waals surface area contributed by atoms with Gasteiger partial charge >= 0.3 is 6.55 Å². The molecular formula is C16H16ClF2N3O. The molecule has 0 aliphatic carbocycles. The number of benzene rings is 1. The third kappa shape index (κ3) is 4.63. The van der Waals surface area contributed by atoms with Crippen molar-refractivity contribution in [2.75, 3.05) is 6.54 Å². The van der Waals surface area contributed by atoms with Crippen LogP contribution in [0.4, 0.5) is 8.78 Å². The zero-order valence-electron chi connectivity index (χ0n) is 12.5. The summed E-state index contributed by atoms with van der Waals surface area (Å²) < 4.78 is 26.1. The molecule has 7 heteroatoms. The molecule has 2 aromatic rings. The molecule has 1 aromatic carbocycles. The third-order valence-corrected chi connectivity index (χ3v) is 3.58. The van der Waals surface area contributed by atoms with E-state index in [9.17, 15) is 13.6 Å². The fraction of sp³-hybridized carbons (Fsp3) is 0.250. The predicted octanol–water partition coefficient (Wildman–Crippen LogP) is 3.69. The second-order valence-electron chi connectivity index (χ2n) is 4.88. The van der Waals surface area contributed by atoms with Gasteiger partial charge in [0.05, 0.1) is 0 Å². The maximum atomic E-state index is 12.7. The van der Waals surface area contributed by atoms with Crippen LogP contribution in [-0.4, -0.2) is 22.0 Å². The molecule has 1 heterocycles. The van der Waals surface area contributed by atoms with Gasteiger partial charge in [-0.2, -0.15) is 8.78 Å². The predicted molar refractivity (Wildman–Crippen MR) is 85.3 cm³/mol. The lowest BCUT2D eigenvalue weighted by Crippen LogP contribution is -2.25. The molecule has 1 N–H and O–H groups in total. The normalized spacial score (nSPS) is 11.8. The summed E-state index contributed by atoms with van der Waals surface area (Å²) in [6, 6.07) is 7.21. The van der Waals surface area contributed by atoms with E-state index in [0.29, 0.717) is 5.02 Å². The Bertz CT molecular complexity index is 713. The van der Waals surface area contributed by atoms with Crippen molar-refractivity contribution in [3.63, 3.8) is 0 Å². The summed E-state index contributed by atoms with van der Waals surface area (Å²) in [5, 5.41) is 3.21. The van der Waals surface area contributed by atoms with E-state index >= 15 is 0 Å². The highest BCUT2D eigenvalue weighted by molar-refractivity contribution is 6.32. The number of halogens is 3. The Balaban J connectivity index is 1.91.